The van der Waals surface area contributed by atoms with Crippen LogP contribution in [-0.4, -0.2) is 62.7 Å². The molecule has 0 rings (SSSR count). The van der Waals surface area contributed by atoms with Gasteiger partial charge in [0, 0.05) is 34.5 Å². The highest BCUT2D eigenvalue weighted by molar-refractivity contribution is 6.88. The monoisotopic (exact) mass is 398 g/mol. The van der Waals surface area contributed by atoms with Gasteiger partial charge < -0.3 is 25.9 Å². The summed E-state index contributed by atoms with van der Waals surface area (Å²) in [6.45, 7) is 14.4. The first kappa shape index (κ1) is 23.4. The van der Waals surface area contributed by atoms with E-state index in [4.69, 9.17) is 25.9 Å². The van der Waals surface area contributed by atoms with E-state index in [1.807, 2.05) is 6.55 Å². The Kier molecular flexibility index (Phi) is 9.32. The van der Waals surface area contributed by atoms with E-state index in [-0.39, 0.29) is 0 Å². The molecule has 2 unspecified atom stereocenters. The maximum Gasteiger partial charge on any atom is 0.500 e. The quantitative estimate of drug-likeness (QED) is 0.470. The highest BCUT2D eigenvalue weighted by Crippen LogP contribution is 2.29. The van der Waals surface area contributed by atoms with Gasteiger partial charge in [-0.05, 0) is 38.8 Å². The summed E-state index contributed by atoms with van der Waals surface area (Å²) in [5.41, 5.74) is 1.79. The van der Waals surface area contributed by atoms with Crippen molar-refractivity contribution in [2.24, 2.45) is 0 Å². The Bertz CT molecular complexity index is 366. The molecule has 138 valence electrons. The van der Waals surface area contributed by atoms with E-state index in [1.54, 1.807) is 34.1 Å². The molecule has 0 radical (unpaired) electrons. The lowest BCUT2D eigenvalue weighted by Crippen LogP contribution is -2.56. The van der Waals surface area contributed by atoms with Gasteiger partial charge >= 0.3 is 25.9 Å². The summed E-state index contributed by atoms with van der Waals surface area (Å²) in [5, 5.41) is 0. The van der Waals surface area contributed by atoms with Gasteiger partial charge in [0.25, 0.3) is 0 Å². The summed E-state index contributed by atoms with van der Waals surface area (Å²) in [6, 6.07) is 1.37. The summed E-state index contributed by atoms with van der Waals surface area (Å²) in [6.07, 6.45) is 0. The average molecular weight is 399 g/mol. The summed E-state index contributed by atoms with van der Waals surface area (Å²) >= 11 is 0. The molecule has 2 atom stereocenters. The Morgan fingerprint density at radius 2 is 1.22 bits per heavy atom. The maximum absolute atomic E-state index is 6.47. The second kappa shape index (κ2) is 9.17. The molecule has 23 heavy (non-hydrogen) atoms. The minimum atomic E-state index is -2.66. The van der Waals surface area contributed by atoms with Crippen molar-refractivity contribution in [3.05, 3.63) is 12.3 Å². The molecule has 0 saturated carbocycles. The van der Waals surface area contributed by atoms with Crippen LogP contribution in [0.1, 0.15) is 0 Å². The van der Waals surface area contributed by atoms with Crippen molar-refractivity contribution in [1.29, 1.82) is 0 Å². The summed E-state index contributed by atoms with van der Waals surface area (Å²) < 4.78 is 35.1. The van der Waals surface area contributed by atoms with E-state index in [9.17, 15) is 0 Å². The molecule has 10 heteroatoms. The molecule has 0 saturated heterocycles. The molecule has 0 amide bonds. The van der Waals surface area contributed by atoms with E-state index < -0.39 is 34.2 Å². The Hall–Kier alpha value is 0.368. The van der Waals surface area contributed by atoms with Crippen molar-refractivity contribution in [3.63, 3.8) is 0 Å². The Labute approximate surface area is 146 Å². The van der Waals surface area contributed by atoms with Crippen molar-refractivity contribution in [3.8, 4) is 0 Å². The fourth-order valence-electron chi connectivity index (χ4n) is 2.30. The van der Waals surface area contributed by atoms with Crippen LogP contribution in [0, 0.1) is 0 Å². The predicted octanol–water partition coefficient (Wildman–Crippen LogP) is 3.25. The third-order valence-electron chi connectivity index (χ3n) is 3.54. The fourth-order valence-corrected chi connectivity index (χ4v) is 17.3. The largest absolute Gasteiger partial charge is 0.500 e. The van der Waals surface area contributed by atoms with E-state index in [0.717, 1.165) is 6.04 Å². The van der Waals surface area contributed by atoms with E-state index in [1.165, 1.54) is 0 Å². The summed E-state index contributed by atoms with van der Waals surface area (Å²) in [4.78, 5) is 0. The summed E-state index contributed by atoms with van der Waals surface area (Å²) in [7, 11) is -2.86. The van der Waals surface area contributed by atoms with Crippen molar-refractivity contribution in [2.45, 2.75) is 44.8 Å². The SMILES string of the molecule is C=C[Si](C)(OC)O[Si](C)(CC[Si](OC)(OC)OC)O[Si](C)(C)C. The molecule has 0 aromatic carbocycles. The number of hydrogen-bond acceptors (Lipinski definition) is 6. The van der Waals surface area contributed by atoms with Crippen LogP contribution in [0.2, 0.25) is 44.8 Å². The van der Waals surface area contributed by atoms with Crippen molar-refractivity contribution in [1.82, 2.24) is 0 Å². The zero-order chi connectivity index (χ0) is 18.4. The van der Waals surface area contributed by atoms with Gasteiger partial charge in [0.15, 0.2) is 8.32 Å². The normalized spacial score (nSPS) is 18.3. The highest BCUT2D eigenvalue weighted by Gasteiger charge is 2.47. The molecule has 0 aliphatic rings. The zero-order valence-corrected chi connectivity index (χ0v) is 20.1. The lowest BCUT2D eigenvalue weighted by molar-refractivity contribution is 0.124. The first-order valence-corrected chi connectivity index (χ1v) is 17.9. The zero-order valence-electron chi connectivity index (χ0n) is 16.1. The van der Waals surface area contributed by atoms with Crippen LogP contribution >= 0.6 is 0 Å². The predicted molar refractivity (Wildman–Crippen MR) is 102 cm³/mol. The van der Waals surface area contributed by atoms with Crippen LogP contribution in [-0.2, 0) is 25.9 Å². The number of rotatable bonds is 12. The minimum Gasteiger partial charge on any atom is -0.437 e. The smallest absolute Gasteiger partial charge is 0.437 e. The van der Waals surface area contributed by atoms with Crippen LogP contribution in [0.4, 0.5) is 0 Å². The molecule has 0 bridgehead atoms. The van der Waals surface area contributed by atoms with Gasteiger partial charge in [0.1, 0.15) is 0 Å². The van der Waals surface area contributed by atoms with Crippen LogP contribution in [0.25, 0.3) is 0 Å². The molecule has 0 aromatic rings. The van der Waals surface area contributed by atoms with Crippen molar-refractivity contribution < 1.29 is 25.9 Å². The Morgan fingerprint density at radius 1 is 0.739 bits per heavy atom. The van der Waals surface area contributed by atoms with Crippen LogP contribution in [0.3, 0.4) is 0 Å². The Balaban J connectivity index is 5.33. The molecule has 6 nitrogen and oxygen atoms in total. The van der Waals surface area contributed by atoms with Gasteiger partial charge in [0.2, 0.25) is 0 Å². The van der Waals surface area contributed by atoms with Gasteiger partial charge in [-0.3, -0.25) is 0 Å². The van der Waals surface area contributed by atoms with Gasteiger partial charge in [-0.2, -0.15) is 0 Å². The first-order chi connectivity index (χ1) is 10.4. The Morgan fingerprint density at radius 3 is 1.52 bits per heavy atom. The average Bonchev–Trinajstić information content (AvgIpc) is 2.47. The maximum atomic E-state index is 6.47. The van der Waals surface area contributed by atoms with Crippen LogP contribution in [0.5, 0.6) is 0 Å². The molecular weight excluding hydrogens is 364 g/mol. The van der Waals surface area contributed by atoms with Gasteiger partial charge in [-0.25, -0.2) is 0 Å². The van der Waals surface area contributed by atoms with Crippen LogP contribution in [0.15, 0.2) is 12.3 Å². The lowest BCUT2D eigenvalue weighted by atomic mass is 10.9. The van der Waals surface area contributed by atoms with Gasteiger partial charge in [0.05, 0.1) is 0 Å². The molecule has 0 fully saturated rings. The molecule has 0 aromatic heterocycles. The molecular formula is C13H34O6Si4. The highest BCUT2D eigenvalue weighted by atomic mass is 28.5. The molecule has 0 aliphatic carbocycles. The molecule has 0 spiro atoms. The van der Waals surface area contributed by atoms with Crippen LogP contribution < -0.4 is 0 Å². The third kappa shape index (κ3) is 7.86. The number of hydrogen-bond donors (Lipinski definition) is 0. The van der Waals surface area contributed by atoms with E-state index in [0.29, 0.717) is 6.04 Å². The summed E-state index contributed by atoms with van der Waals surface area (Å²) in [5.74, 6) is 0. The minimum absolute atomic E-state index is 0.648. The van der Waals surface area contributed by atoms with E-state index in [2.05, 4.69) is 32.8 Å². The van der Waals surface area contributed by atoms with Gasteiger partial charge in [-0.1, -0.05) is 5.70 Å². The lowest BCUT2D eigenvalue weighted by Gasteiger charge is -2.39. The van der Waals surface area contributed by atoms with E-state index >= 15 is 0 Å². The van der Waals surface area contributed by atoms with Gasteiger partial charge in [-0.15, -0.1) is 6.58 Å². The second-order valence-corrected chi connectivity index (χ2v) is 21.2. The standard InChI is InChI=1S/C13H34O6Si4/c1-11-21(9,14-2)19-22(10,18-20(6,7)8)12-13-23(15-3,16-4)17-5/h11H,1,12-13H2,2-10H3. The molecule has 0 heterocycles. The van der Waals surface area contributed by atoms with Crippen molar-refractivity contribution in [2.75, 3.05) is 28.4 Å². The fraction of sp³-hybridized carbons (Fsp3) is 0.846. The topological polar surface area (TPSA) is 55.4 Å². The molecule has 0 aliphatic heterocycles. The first-order valence-electron chi connectivity index (χ1n) is 7.67. The molecule has 0 N–H and O–H groups in total. The second-order valence-electron chi connectivity index (χ2n) is 6.67. The third-order valence-corrected chi connectivity index (χ3v) is 17.0. The van der Waals surface area contributed by atoms with Crippen molar-refractivity contribution >= 4 is 34.2 Å².